The fraction of sp³-hybridized carbons (Fsp3) is 0.389. The Labute approximate surface area is 127 Å². The predicted octanol–water partition coefficient (Wildman–Crippen LogP) is 3.93. The van der Waals surface area contributed by atoms with Crippen molar-refractivity contribution in [3.05, 3.63) is 54.4 Å². The molecule has 1 atom stereocenters. The molecule has 1 aromatic heterocycles. The van der Waals surface area contributed by atoms with Gasteiger partial charge in [0.25, 0.3) is 0 Å². The number of hydrogen-bond acceptors (Lipinski definition) is 3. The van der Waals surface area contributed by atoms with Crippen molar-refractivity contribution in [1.82, 2.24) is 4.98 Å². The van der Waals surface area contributed by atoms with Gasteiger partial charge < -0.3 is 10.2 Å². The lowest BCUT2D eigenvalue weighted by Crippen LogP contribution is -2.34. The zero-order chi connectivity index (χ0) is 14.5. The molecule has 0 spiro atoms. The van der Waals surface area contributed by atoms with Gasteiger partial charge >= 0.3 is 0 Å². The molecule has 2 heterocycles. The van der Waals surface area contributed by atoms with E-state index >= 15 is 0 Å². The summed E-state index contributed by atoms with van der Waals surface area (Å²) in [5.74, 6) is 0.809. The Balaban J connectivity index is 1.59. The third-order valence-electron chi connectivity index (χ3n) is 4.14. The molecule has 1 fully saturated rings. The van der Waals surface area contributed by atoms with Crippen molar-refractivity contribution in [2.75, 3.05) is 23.3 Å². The van der Waals surface area contributed by atoms with Crippen LogP contribution in [0.1, 0.15) is 25.3 Å². The molecule has 0 aliphatic carbocycles. The Morgan fingerprint density at radius 1 is 1.14 bits per heavy atom. The first-order chi connectivity index (χ1) is 10.3. The lowest BCUT2D eigenvalue weighted by molar-refractivity contribution is 0.447. The first-order valence-electron chi connectivity index (χ1n) is 7.79. The minimum Gasteiger partial charge on any atom is -0.381 e. The molecule has 1 aromatic carbocycles. The third kappa shape index (κ3) is 3.75. The molecule has 21 heavy (non-hydrogen) atoms. The van der Waals surface area contributed by atoms with Crippen LogP contribution in [0.15, 0.2) is 48.8 Å². The van der Waals surface area contributed by atoms with Crippen LogP contribution in [-0.2, 0) is 6.54 Å². The molecule has 1 unspecified atom stereocenters. The van der Waals surface area contributed by atoms with Crippen molar-refractivity contribution in [2.45, 2.75) is 26.3 Å². The molecule has 2 aromatic rings. The second kappa shape index (κ2) is 6.61. The van der Waals surface area contributed by atoms with Gasteiger partial charge in [-0.25, -0.2) is 0 Å². The highest BCUT2D eigenvalue weighted by molar-refractivity contribution is 5.55. The number of pyridine rings is 1. The molecule has 3 heteroatoms. The maximum Gasteiger partial charge on any atom is 0.0401 e. The van der Waals surface area contributed by atoms with Gasteiger partial charge in [0.15, 0.2) is 0 Å². The number of hydrogen-bond donors (Lipinski definition) is 1. The average Bonchev–Trinajstić information content (AvgIpc) is 2.54. The molecule has 1 saturated heterocycles. The summed E-state index contributed by atoms with van der Waals surface area (Å²) in [6.07, 6.45) is 6.33. The highest BCUT2D eigenvalue weighted by atomic mass is 15.1. The quantitative estimate of drug-likeness (QED) is 0.920. The van der Waals surface area contributed by atoms with Gasteiger partial charge in [0.2, 0.25) is 0 Å². The van der Waals surface area contributed by atoms with Gasteiger partial charge in [0, 0.05) is 43.4 Å². The van der Waals surface area contributed by atoms with E-state index in [1.54, 1.807) is 0 Å². The van der Waals surface area contributed by atoms with E-state index in [0.29, 0.717) is 0 Å². The van der Waals surface area contributed by atoms with Crippen LogP contribution in [0, 0.1) is 5.92 Å². The van der Waals surface area contributed by atoms with E-state index in [2.05, 4.69) is 46.4 Å². The summed E-state index contributed by atoms with van der Waals surface area (Å²) in [7, 11) is 0. The first kappa shape index (κ1) is 13.9. The van der Waals surface area contributed by atoms with E-state index in [4.69, 9.17) is 0 Å². The van der Waals surface area contributed by atoms with Crippen molar-refractivity contribution in [3.63, 3.8) is 0 Å². The van der Waals surface area contributed by atoms with Crippen molar-refractivity contribution >= 4 is 11.4 Å². The Bertz CT molecular complexity index is 550. The summed E-state index contributed by atoms with van der Waals surface area (Å²) >= 11 is 0. The van der Waals surface area contributed by atoms with E-state index in [1.807, 2.05) is 24.5 Å². The van der Waals surface area contributed by atoms with Crippen molar-refractivity contribution < 1.29 is 0 Å². The normalized spacial score (nSPS) is 18.5. The van der Waals surface area contributed by atoms with E-state index in [0.717, 1.165) is 12.5 Å². The molecular formula is C18H23N3. The van der Waals surface area contributed by atoms with Gasteiger partial charge in [-0.05, 0) is 60.7 Å². The maximum atomic E-state index is 4.04. The van der Waals surface area contributed by atoms with Crippen LogP contribution in [0.3, 0.4) is 0 Å². The largest absolute Gasteiger partial charge is 0.381 e. The van der Waals surface area contributed by atoms with E-state index in [9.17, 15) is 0 Å². The number of piperidine rings is 1. The first-order valence-corrected chi connectivity index (χ1v) is 7.79. The molecule has 0 radical (unpaired) electrons. The summed E-state index contributed by atoms with van der Waals surface area (Å²) in [5, 5.41) is 3.45. The molecule has 0 bridgehead atoms. The zero-order valence-corrected chi connectivity index (χ0v) is 12.6. The number of benzene rings is 1. The Morgan fingerprint density at radius 2 is 1.90 bits per heavy atom. The Hall–Kier alpha value is -2.03. The van der Waals surface area contributed by atoms with Crippen LogP contribution in [0.2, 0.25) is 0 Å². The Morgan fingerprint density at radius 3 is 2.62 bits per heavy atom. The standard InChI is InChI=1S/C18H23N3/c1-15-3-2-12-21(14-15)18-6-4-17(5-7-18)20-13-16-8-10-19-11-9-16/h4-11,15,20H,2-3,12-14H2,1H3. The molecule has 0 amide bonds. The summed E-state index contributed by atoms with van der Waals surface area (Å²) < 4.78 is 0. The smallest absolute Gasteiger partial charge is 0.0401 e. The average molecular weight is 281 g/mol. The van der Waals surface area contributed by atoms with E-state index in [1.165, 1.54) is 42.9 Å². The van der Waals surface area contributed by atoms with E-state index in [-0.39, 0.29) is 0 Å². The topological polar surface area (TPSA) is 28.2 Å². The van der Waals surface area contributed by atoms with Gasteiger partial charge in [-0.15, -0.1) is 0 Å². The highest BCUT2D eigenvalue weighted by Crippen LogP contribution is 2.24. The third-order valence-corrected chi connectivity index (χ3v) is 4.14. The van der Waals surface area contributed by atoms with Crippen molar-refractivity contribution in [2.24, 2.45) is 5.92 Å². The molecule has 1 aliphatic heterocycles. The number of nitrogens with one attached hydrogen (secondary N) is 1. The summed E-state index contributed by atoms with van der Waals surface area (Å²) in [4.78, 5) is 6.54. The van der Waals surface area contributed by atoms with Gasteiger partial charge in [-0.1, -0.05) is 6.92 Å². The van der Waals surface area contributed by atoms with Gasteiger partial charge in [0.1, 0.15) is 0 Å². The summed E-state index contributed by atoms with van der Waals surface area (Å²) in [6.45, 7) is 5.55. The summed E-state index contributed by atoms with van der Waals surface area (Å²) in [5.41, 5.74) is 3.76. The molecule has 1 aliphatic rings. The van der Waals surface area contributed by atoms with Crippen molar-refractivity contribution in [1.29, 1.82) is 0 Å². The zero-order valence-electron chi connectivity index (χ0n) is 12.6. The van der Waals surface area contributed by atoms with Crippen LogP contribution in [0.25, 0.3) is 0 Å². The second-order valence-electron chi connectivity index (χ2n) is 5.95. The number of anilines is 2. The monoisotopic (exact) mass is 281 g/mol. The predicted molar refractivity (Wildman–Crippen MR) is 88.6 cm³/mol. The van der Waals surface area contributed by atoms with Crippen LogP contribution in [0.5, 0.6) is 0 Å². The molecule has 110 valence electrons. The second-order valence-corrected chi connectivity index (χ2v) is 5.95. The number of aromatic nitrogens is 1. The molecule has 0 saturated carbocycles. The minimum atomic E-state index is 0.809. The maximum absolute atomic E-state index is 4.04. The minimum absolute atomic E-state index is 0.809. The van der Waals surface area contributed by atoms with Crippen LogP contribution >= 0.6 is 0 Å². The van der Waals surface area contributed by atoms with Crippen LogP contribution in [0.4, 0.5) is 11.4 Å². The van der Waals surface area contributed by atoms with Gasteiger partial charge in [0.05, 0.1) is 0 Å². The lowest BCUT2D eigenvalue weighted by Gasteiger charge is -2.32. The van der Waals surface area contributed by atoms with Gasteiger partial charge in [-0.2, -0.15) is 0 Å². The number of rotatable bonds is 4. The van der Waals surface area contributed by atoms with Gasteiger partial charge in [-0.3, -0.25) is 4.98 Å². The van der Waals surface area contributed by atoms with Crippen LogP contribution < -0.4 is 10.2 Å². The van der Waals surface area contributed by atoms with E-state index < -0.39 is 0 Å². The Kier molecular flexibility index (Phi) is 4.39. The molecule has 1 N–H and O–H groups in total. The fourth-order valence-corrected chi connectivity index (χ4v) is 2.92. The summed E-state index contributed by atoms with van der Waals surface area (Å²) in [6, 6.07) is 12.9. The molecule has 3 nitrogen and oxygen atoms in total. The fourth-order valence-electron chi connectivity index (χ4n) is 2.92. The lowest BCUT2D eigenvalue weighted by atomic mass is 10.00. The number of nitrogens with zero attached hydrogens (tertiary/aromatic N) is 2. The molecule has 3 rings (SSSR count). The highest BCUT2D eigenvalue weighted by Gasteiger charge is 2.16. The van der Waals surface area contributed by atoms with Crippen molar-refractivity contribution in [3.8, 4) is 0 Å². The SMILES string of the molecule is CC1CCCN(c2ccc(NCc3ccncc3)cc2)C1. The molecular weight excluding hydrogens is 258 g/mol. The van der Waals surface area contributed by atoms with Crippen LogP contribution in [-0.4, -0.2) is 18.1 Å².